The van der Waals surface area contributed by atoms with Crippen molar-refractivity contribution in [2.45, 2.75) is 9.96 Å². The number of nitrogens with one attached hydrogen (secondary N) is 1. The quantitative estimate of drug-likeness (QED) is 0.712. The van der Waals surface area contributed by atoms with Gasteiger partial charge in [0.15, 0.2) is 11.2 Å². The van der Waals surface area contributed by atoms with Crippen molar-refractivity contribution in [1.82, 2.24) is 19.5 Å². The summed E-state index contributed by atoms with van der Waals surface area (Å²) in [4.78, 5) is 22.3. The van der Waals surface area contributed by atoms with Gasteiger partial charge in [0.1, 0.15) is 0 Å². The van der Waals surface area contributed by atoms with Gasteiger partial charge in [-0.05, 0) is 0 Å². The van der Waals surface area contributed by atoms with Crippen molar-refractivity contribution in [2.24, 2.45) is 0 Å². The number of imidazole rings is 1. The summed E-state index contributed by atoms with van der Waals surface area (Å²) in [6.07, 6.45) is 1.60. The second-order valence-corrected chi connectivity index (χ2v) is 6.73. The first kappa shape index (κ1) is 11.9. The van der Waals surface area contributed by atoms with Crippen LogP contribution in [0.25, 0.3) is 11.2 Å². The molecule has 4 N–H and O–H groups in total. The number of anilines is 1. The summed E-state index contributed by atoms with van der Waals surface area (Å²) in [5.74, 6) is 0.930. The second-order valence-electron chi connectivity index (χ2n) is 3.81. The molecule has 0 radical (unpaired) electrons. The van der Waals surface area contributed by atoms with E-state index in [1.54, 1.807) is 29.9 Å². The minimum atomic E-state index is -0.328. The molecular weight excluding hydrogens is 274 g/mol. The van der Waals surface area contributed by atoms with Crippen LogP contribution in [0.4, 0.5) is 5.95 Å². The molecule has 2 unspecified atom stereocenters. The highest BCUT2D eigenvalue weighted by atomic mass is 32.2. The molecule has 1 aliphatic heterocycles. The zero-order chi connectivity index (χ0) is 12.7. The van der Waals surface area contributed by atoms with Crippen molar-refractivity contribution in [3.05, 3.63) is 16.7 Å². The highest BCUT2D eigenvalue weighted by Gasteiger charge is 2.28. The van der Waals surface area contributed by atoms with Crippen LogP contribution in [-0.2, 0) is 0 Å². The number of hydrogen-bond acceptors (Lipinski definition) is 7. The van der Waals surface area contributed by atoms with Crippen LogP contribution in [0.15, 0.2) is 11.1 Å². The summed E-state index contributed by atoms with van der Waals surface area (Å²) in [6, 6.07) is 0. The van der Waals surface area contributed by atoms with Crippen molar-refractivity contribution >= 4 is 40.6 Å². The average molecular weight is 285 g/mol. The maximum Gasteiger partial charge on any atom is 0.280 e. The molecule has 3 heterocycles. The van der Waals surface area contributed by atoms with Gasteiger partial charge < -0.3 is 15.4 Å². The standard InChI is InChI=1S/C9H11N5O2S2/c10-9-12-7-6(8(16)13-9)11-3-14(7)4-2-17-5(1-15)18-4/h3-5,15H,1-2H2,(H3,10,12,13,16). The van der Waals surface area contributed by atoms with Gasteiger partial charge in [-0.2, -0.15) is 4.98 Å². The molecule has 2 aromatic rings. The number of aromatic amines is 1. The van der Waals surface area contributed by atoms with Gasteiger partial charge >= 0.3 is 0 Å². The summed E-state index contributed by atoms with van der Waals surface area (Å²) in [5.41, 5.74) is 6.00. The van der Waals surface area contributed by atoms with E-state index in [0.717, 1.165) is 5.75 Å². The molecule has 7 nitrogen and oxygen atoms in total. The lowest BCUT2D eigenvalue weighted by molar-refractivity contribution is 0.316. The molecule has 0 bridgehead atoms. The van der Waals surface area contributed by atoms with Gasteiger partial charge in [-0.25, -0.2) is 4.98 Å². The van der Waals surface area contributed by atoms with E-state index in [2.05, 4.69) is 15.0 Å². The Morgan fingerprint density at radius 1 is 1.67 bits per heavy atom. The minimum absolute atomic E-state index is 0.0867. The number of hydrogen-bond donors (Lipinski definition) is 3. The number of rotatable bonds is 2. The average Bonchev–Trinajstić information content (AvgIpc) is 2.93. The predicted octanol–water partition coefficient (Wildman–Crippen LogP) is -0.00120. The Balaban J connectivity index is 2.05. The van der Waals surface area contributed by atoms with Crippen LogP contribution >= 0.6 is 23.5 Å². The summed E-state index contributed by atoms with van der Waals surface area (Å²) >= 11 is 3.32. The SMILES string of the molecule is Nc1nc2c(ncn2C2CSC(CO)S2)c(=O)[nH]1. The van der Waals surface area contributed by atoms with E-state index in [-0.39, 0.29) is 28.1 Å². The lowest BCUT2D eigenvalue weighted by atomic mass is 10.5. The summed E-state index contributed by atoms with van der Waals surface area (Å²) in [6.45, 7) is 0.134. The number of nitrogens with zero attached hydrogens (tertiary/aromatic N) is 3. The zero-order valence-electron chi connectivity index (χ0n) is 9.24. The molecule has 1 fully saturated rings. The molecule has 2 atom stereocenters. The van der Waals surface area contributed by atoms with Crippen LogP contribution in [0.2, 0.25) is 0 Å². The first-order valence-corrected chi connectivity index (χ1v) is 7.28. The molecule has 0 aromatic carbocycles. The molecule has 0 amide bonds. The number of nitrogens with two attached hydrogens (primary N) is 1. The molecule has 96 valence electrons. The van der Waals surface area contributed by atoms with E-state index in [1.807, 2.05) is 4.57 Å². The topological polar surface area (TPSA) is 110 Å². The lowest BCUT2D eigenvalue weighted by Crippen LogP contribution is -2.13. The first-order valence-electron chi connectivity index (χ1n) is 5.29. The third-order valence-electron chi connectivity index (χ3n) is 2.64. The van der Waals surface area contributed by atoms with Crippen molar-refractivity contribution in [3.8, 4) is 0 Å². The number of fused-ring (bicyclic) bond motifs is 1. The monoisotopic (exact) mass is 285 g/mol. The van der Waals surface area contributed by atoms with E-state index in [0.29, 0.717) is 11.2 Å². The number of aromatic nitrogens is 4. The van der Waals surface area contributed by atoms with Crippen LogP contribution in [0, 0.1) is 0 Å². The number of H-pyrrole nitrogens is 1. The number of nitrogen functional groups attached to an aromatic ring is 1. The second kappa shape index (κ2) is 4.48. The normalized spacial score (nSPS) is 23.8. The van der Waals surface area contributed by atoms with E-state index in [1.165, 1.54) is 0 Å². The van der Waals surface area contributed by atoms with E-state index in [4.69, 9.17) is 10.8 Å². The molecule has 3 rings (SSSR count). The van der Waals surface area contributed by atoms with Gasteiger partial charge in [-0.3, -0.25) is 9.78 Å². The van der Waals surface area contributed by atoms with Gasteiger partial charge in [0.25, 0.3) is 5.56 Å². The Morgan fingerprint density at radius 3 is 3.22 bits per heavy atom. The fourth-order valence-electron chi connectivity index (χ4n) is 1.84. The molecule has 0 spiro atoms. The van der Waals surface area contributed by atoms with E-state index in [9.17, 15) is 4.79 Å². The smallest absolute Gasteiger partial charge is 0.280 e. The molecule has 1 aliphatic rings. The summed E-state index contributed by atoms with van der Waals surface area (Å²) < 4.78 is 2.00. The van der Waals surface area contributed by atoms with E-state index < -0.39 is 0 Å². The zero-order valence-corrected chi connectivity index (χ0v) is 10.9. The fraction of sp³-hybridized carbons (Fsp3) is 0.444. The fourth-order valence-corrected chi connectivity index (χ4v) is 4.69. The van der Waals surface area contributed by atoms with E-state index >= 15 is 0 Å². The Hall–Kier alpha value is -1.19. The van der Waals surface area contributed by atoms with Gasteiger partial charge in [0.05, 0.1) is 22.9 Å². The predicted molar refractivity (Wildman–Crippen MR) is 72.5 cm³/mol. The number of thioether (sulfide) groups is 2. The third kappa shape index (κ3) is 1.88. The summed E-state index contributed by atoms with van der Waals surface area (Å²) in [5, 5.41) is 9.24. The van der Waals surface area contributed by atoms with Crippen molar-refractivity contribution in [1.29, 1.82) is 0 Å². The van der Waals surface area contributed by atoms with Crippen molar-refractivity contribution in [2.75, 3.05) is 18.1 Å². The largest absolute Gasteiger partial charge is 0.394 e. The van der Waals surface area contributed by atoms with Gasteiger partial charge in [-0.1, -0.05) is 0 Å². The molecule has 0 aliphatic carbocycles. The molecule has 9 heteroatoms. The Kier molecular flexibility index (Phi) is 2.96. The number of aliphatic hydroxyl groups excluding tert-OH is 1. The molecule has 18 heavy (non-hydrogen) atoms. The minimum Gasteiger partial charge on any atom is -0.394 e. The highest BCUT2D eigenvalue weighted by Crippen LogP contribution is 2.44. The van der Waals surface area contributed by atoms with Crippen molar-refractivity contribution < 1.29 is 5.11 Å². The molecule has 2 aromatic heterocycles. The maximum absolute atomic E-state index is 11.6. The molecule has 1 saturated heterocycles. The van der Waals surface area contributed by atoms with Crippen molar-refractivity contribution in [3.63, 3.8) is 0 Å². The van der Waals surface area contributed by atoms with Gasteiger partial charge in [0, 0.05) is 5.75 Å². The van der Waals surface area contributed by atoms with Crippen LogP contribution in [-0.4, -0.2) is 41.6 Å². The van der Waals surface area contributed by atoms with Crippen LogP contribution < -0.4 is 11.3 Å². The Morgan fingerprint density at radius 2 is 2.50 bits per heavy atom. The van der Waals surface area contributed by atoms with Crippen LogP contribution in [0.3, 0.4) is 0 Å². The number of aliphatic hydroxyl groups is 1. The first-order chi connectivity index (χ1) is 8.69. The van der Waals surface area contributed by atoms with Crippen LogP contribution in [0.1, 0.15) is 5.37 Å². The Labute approximate surface area is 110 Å². The maximum atomic E-state index is 11.6. The lowest BCUT2D eigenvalue weighted by Gasteiger charge is -2.11. The third-order valence-corrected chi connectivity index (χ3v) is 5.79. The molecule has 0 saturated carbocycles. The highest BCUT2D eigenvalue weighted by molar-refractivity contribution is 8.20. The van der Waals surface area contributed by atoms with Crippen LogP contribution in [0.5, 0.6) is 0 Å². The Bertz CT molecular complexity index is 639. The van der Waals surface area contributed by atoms with Gasteiger partial charge in [-0.15, -0.1) is 23.5 Å². The molecular formula is C9H11N5O2S2. The van der Waals surface area contributed by atoms with Gasteiger partial charge in [0.2, 0.25) is 5.95 Å². The summed E-state index contributed by atoms with van der Waals surface area (Å²) in [7, 11) is 0.